The van der Waals surface area contributed by atoms with E-state index in [1.807, 2.05) is 13.0 Å². The molecule has 0 aliphatic heterocycles. The van der Waals surface area contributed by atoms with Crippen LogP contribution in [0, 0.1) is 25.2 Å². The van der Waals surface area contributed by atoms with Crippen LogP contribution in [0.15, 0.2) is 47.0 Å². The van der Waals surface area contributed by atoms with Gasteiger partial charge < -0.3 is 24.1 Å². The zero-order valence-electron chi connectivity index (χ0n) is 18.7. The Labute approximate surface area is 190 Å². The molecule has 1 N–H and O–H groups in total. The lowest BCUT2D eigenvalue weighted by molar-refractivity contribution is -0.123. The highest BCUT2D eigenvalue weighted by Crippen LogP contribution is 2.30. The molecule has 0 spiro atoms. The number of aromatic nitrogens is 1. The van der Waals surface area contributed by atoms with Crippen molar-refractivity contribution in [2.75, 3.05) is 12.4 Å². The van der Waals surface area contributed by atoms with E-state index in [1.165, 1.54) is 26.2 Å². The molecule has 2 aromatic carbocycles. The monoisotopic (exact) mass is 449 g/mol. The van der Waals surface area contributed by atoms with Crippen molar-refractivity contribution in [1.82, 2.24) is 5.16 Å². The molecule has 3 aromatic rings. The number of nitrogens with one attached hydrogen (secondary N) is 1. The van der Waals surface area contributed by atoms with Gasteiger partial charge >= 0.3 is 5.97 Å². The molecular weight excluding hydrogens is 426 g/mol. The average Bonchev–Trinajstić information content (AvgIpc) is 3.14. The molecule has 0 aliphatic rings. The predicted octanol–water partition coefficient (Wildman–Crippen LogP) is 3.93. The lowest BCUT2D eigenvalue weighted by Gasteiger charge is -2.15. The van der Waals surface area contributed by atoms with E-state index in [1.54, 1.807) is 37.3 Å². The van der Waals surface area contributed by atoms with Crippen molar-refractivity contribution in [3.8, 4) is 17.6 Å². The molecule has 1 aromatic heterocycles. The van der Waals surface area contributed by atoms with Crippen LogP contribution in [0.2, 0.25) is 0 Å². The summed E-state index contributed by atoms with van der Waals surface area (Å²) in [5.41, 5.74) is 2.74. The molecule has 9 nitrogen and oxygen atoms in total. The SMILES string of the molecule is COc1cc(C(=O)O[C@@H](C)C(=O)Nc2ccc(C#N)cc2)ccc1OCc1c(C)noc1C. The third kappa shape index (κ3) is 5.68. The van der Waals surface area contributed by atoms with Crippen molar-refractivity contribution < 1.29 is 28.3 Å². The van der Waals surface area contributed by atoms with E-state index in [0.717, 1.165) is 11.3 Å². The van der Waals surface area contributed by atoms with Gasteiger partial charge in [-0.25, -0.2) is 4.79 Å². The first-order valence-electron chi connectivity index (χ1n) is 10.1. The van der Waals surface area contributed by atoms with Gasteiger partial charge in [-0.2, -0.15) is 5.26 Å². The van der Waals surface area contributed by atoms with Crippen molar-refractivity contribution in [3.05, 3.63) is 70.6 Å². The van der Waals surface area contributed by atoms with Crippen molar-refractivity contribution >= 4 is 17.6 Å². The summed E-state index contributed by atoms with van der Waals surface area (Å²) in [4.78, 5) is 24.9. The highest BCUT2D eigenvalue weighted by atomic mass is 16.5. The first kappa shape index (κ1) is 23.3. The molecule has 3 rings (SSSR count). The van der Waals surface area contributed by atoms with E-state index in [9.17, 15) is 9.59 Å². The lowest BCUT2D eigenvalue weighted by atomic mass is 10.2. The molecule has 0 saturated heterocycles. The fourth-order valence-corrected chi connectivity index (χ4v) is 2.93. The van der Waals surface area contributed by atoms with Crippen molar-refractivity contribution in [2.24, 2.45) is 0 Å². The molecule has 0 radical (unpaired) electrons. The lowest BCUT2D eigenvalue weighted by Crippen LogP contribution is -2.30. The smallest absolute Gasteiger partial charge is 0.339 e. The number of esters is 1. The fourth-order valence-electron chi connectivity index (χ4n) is 2.93. The largest absolute Gasteiger partial charge is 0.493 e. The zero-order valence-corrected chi connectivity index (χ0v) is 18.7. The molecule has 0 aliphatic carbocycles. The number of benzene rings is 2. The number of hydrogen-bond acceptors (Lipinski definition) is 8. The van der Waals surface area contributed by atoms with Gasteiger partial charge in [0.1, 0.15) is 12.4 Å². The van der Waals surface area contributed by atoms with E-state index >= 15 is 0 Å². The molecule has 0 bridgehead atoms. The number of aryl methyl sites for hydroxylation is 2. The van der Waals surface area contributed by atoms with Gasteiger partial charge in [-0.1, -0.05) is 5.16 Å². The number of nitriles is 1. The Morgan fingerprint density at radius 3 is 2.48 bits per heavy atom. The van der Waals surface area contributed by atoms with Crippen molar-refractivity contribution in [3.63, 3.8) is 0 Å². The Kier molecular flexibility index (Phi) is 7.31. The summed E-state index contributed by atoms with van der Waals surface area (Å²) in [6.07, 6.45) is -1.05. The van der Waals surface area contributed by atoms with Crippen LogP contribution in [0.5, 0.6) is 11.5 Å². The molecule has 170 valence electrons. The molecule has 33 heavy (non-hydrogen) atoms. The minimum absolute atomic E-state index is 0.203. The van der Waals surface area contributed by atoms with E-state index in [0.29, 0.717) is 28.5 Å². The molecule has 1 atom stereocenters. The van der Waals surface area contributed by atoms with Crippen molar-refractivity contribution in [1.29, 1.82) is 5.26 Å². The predicted molar refractivity (Wildman–Crippen MR) is 118 cm³/mol. The second-order valence-corrected chi connectivity index (χ2v) is 7.18. The van der Waals surface area contributed by atoms with Crippen molar-refractivity contribution in [2.45, 2.75) is 33.5 Å². The third-order valence-electron chi connectivity index (χ3n) is 4.89. The van der Waals surface area contributed by atoms with Crippen LogP contribution in [0.25, 0.3) is 0 Å². The maximum atomic E-state index is 12.6. The Balaban J connectivity index is 1.62. The van der Waals surface area contributed by atoms with Gasteiger partial charge in [0.25, 0.3) is 5.91 Å². The number of carbonyl (C=O) groups excluding carboxylic acids is 2. The van der Waals surface area contributed by atoms with Crippen LogP contribution in [0.4, 0.5) is 5.69 Å². The van der Waals surface area contributed by atoms with E-state index < -0.39 is 18.0 Å². The molecule has 1 amide bonds. The number of amides is 1. The van der Waals surface area contributed by atoms with Crippen LogP contribution in [0.3, 0.4) is 0 Å². The maximum Gasteiger partial charge on any atom is 0.339 e. The minimum Gasteiger partial charge on any atom is -0.493 e. The molecular formula is C24H23N3O6. The third-order valence-corrected chi connectivity index (χ3v) is 4.89. The van der Waals surface area contributed by atoms with Crippen LogP contribution in [-0.4, -0.2) is 30.2 Å². The number of hydrogen-bond donors (Lipinski definition) is 1. The van der Waals surface area contributed by atoms with Gasteiger partial charge in [-0.05, 0) is 63.2 Å². The second-order valence-electron chi connectivity index (χ2n) is 7.18. The number of nitrogens with zero attached hydrogens (tertiary/aromatic N) is 2. The second kappa shape index (κ2) is 10.3. The summed E-state index contributed by atoms with van der Waals surface area (Å²) in [6.45, 7) is 5.32. The normalized spacial score (nSPS) is 11.2. The first-order valence-corrected chi connectivity index (χ1v) is 10.1. The summed E-state index contributed by atoms with van der Waals surface area (Å²) in [5.74, 6) is 0.249. The number of methoxy groups -OCH3 is 1. The van der Waals surface area contributed by atoms with Gasteiger partial charge in [0.2, 0.25) is 0 Å². The van der Waals surface area contributed by atoms with Crippen LogP contribution in [0.1, 0.15) is 39.9 Å². The van der Waals surface area contributed by atoms with Gasteiger partial charge in [0.15, 0.2) is 17.6 Å². The fraction of sp³-hybridized carbons (Fsp3) is 0.250. The van der Waals surface area contributed by atoms with E-state index in [2.05, 4.69) is 10.5 Å². The molecule has 0 saturated carbocycles. The quantitative estimate of drug-likeness (QED) is 0.513. The Hall–Kier alpha value is -4.32. The van der Waals surface area contributed by atoms with Crippen LogP contribution in [-0.2, 0) is 16.1 Å². The Morgan fingerprint density at radius 2 is 1.88 bits per heavy atom. The molecule has 0 fully saturated rings. The van der Waals surface area contributed by atoms with Gasteiger partial charge in [0, 0.05) is 5.69 Å². The highest BCUT2D eigenvalue weighted by molar-refractivity contribution is 5.97. The highest BCUT2D eigenvalue weighted by Gasteiger charge is 2.21. The van der Waals surface area contributed by atoms with Gasteiger partial charge in [-0.3, -0.25) is 4.79 Å². The number of rotatable bonds is 8. The number of ether oxygens (including phenoxy) is 3. The van der Waals surface area contributed by atoms with Gasteiger partial charge in [0.05, 0.1) is 35.6 Å². The summed E-state index contributed by atoms with van der Waals surface area (Å²) >= 11 is 0. The summed E-state index contributed by atoms with van der Waals surface area (Å²) in [5, 5.41) is 15.4. The maximum absolute atomic E-state index is 12.6. The number of anilines is 1. The van der Waals surface area contributed by atoms with E-state index in [-0.39, 0.29) is 12.2 Å². The van der Waals surface area contributed by atoms with Crippen LogP contribution >= 0.6 is 0 Å². The van der Waals surface area contributed by atoms with Gasteiger partial charge in [-0.15, -0.1) is 0 Å². The Bertz CT molecular complexity index is 1170. The molecule has 1 heterocycles. The van der Waals surface area contributed by atoms with E-state index in [4.69, 9.17) is 24.0 Å². The Morgan fingerprint density at radius 1 is 1.15 bits per heavy atom. The van der Waals surface area contributed by atoms with Crippen LogP contribution < -0.4 is 14.8 Å². The molecule has 9 heteroatoms. The summed E-state index contributed by atoms with van der Waals surface area (Å²) < 4.78 is 21.6. The molecule has 0 unspecified atom stereocenters. The standard InChI is InChI=1S/C24H23N3O6/c1-14-20(15(2)33-27-14)13-31-21-10-7-18(11-22(21)30-4)24(29)32-16(3)23(28)26-19-8-5-17(12-25)6-9-19/h5-11,16H,13H2,1-4H3,(H,26,28)/t16-/m0/s1. The summed E-state index contributed by atoms with van der Waals surface area (Å²) in [6, 6.07) is 12.9. The summed E-state index contributed by atoms with van der Waals surface area (Å²) in [7, 11) is 1.46. The first-order chi connectivity index (χ1) is 15.8. The number of carbonyl (C=O) groups is 2. The zero-order chi connectivity index (χ0) is 24.0. The minimum atomic E-state index is -1.05. The average molecular weight is 449 g/mol. The topological polar surface area (TPSA) is 124 Å².